The highest BCUT2D eigenvalue weighted by Crippen LogP contribution is 2.53. The maximum atomic E-state index is 10.7. The summed E-state index contributed by atoms with van der Waals surface area (Å²) in [5.74, 6) is -0.131. The Balaban J connectivity index is 2.08. The van der Waals surface area contributed by atoms with E-state index in [4.69, 9.17) is 5.11 Å². The van der Waals surface area contributed by atoms with Crippen LogP contribution < -0.4 is 0 Å². The van der Waals surface area contributed by atoms with Crippen molar-refractivity contribution in [3.63, 3.8) is 0 Å². The van der Waals surface area contributed by atoms with Gasteiger partial charge in [0.2, 0.25) is 0 Å². The third-order valence-corrected chi connectivity index (χ3v) is 3.21. The van der Waals surface area contributed by atoms with Crippen molar-refractivity contribution in [3.05, 3.63) is 0 Å². The van der Waals surface area contributed by atoms with Crippen LogP contribution in [0.5, 0.6) is 0 Å². The van der Waals surface area contributed by atoms with E-state index in [0.29, 0.717) is 11.8 Å². The van der Waals surface area contributed by atoms with E-state index in [1.807, 2.05) is 0 Å². The lowest BCUT2D eigenvalue weighted by atomic mass is 9.80. The Bertz CT molecular complexity index is 224. The SMILES string of the molecule is O=CC1CC2CC2CC1C(=O)O. The normalized spacial score (nSPS) is 44.7. The molecule has 3 nitrogen and oxygen atoms in total. The zero-order valence-corrected chi connectivity index (χ0v) is 6.77. The molecular weight excluding hydrogens is 156 g/mol. The first-order chi connectivity index (χ1) is 5.72. The monoisotopic (exact) mass is 168 g/mol. The molecule has 0 heterocycles. The van der Waals surface area contributed by atoms with E-state index in [9.17, 15) is 9.59 Å². The maximum absolute atomic E-state index is 10.7. The summed E-state index contributed by atoms with van der Waals surface area (Å²) in [4.78, 5) is 21.3. The van der Waals surface area contributed by atoms with Gasteiger partial charge in [0.15, 0.2) is 0 Å². The molecule has 4 unspecified atom stereocenters. The Hall–Kier alpha value is -0.860. The number of aldehydes is 1. The van der Waals surface area contributed by atoms with Gasteiger partial charge in [0.05, 0.1) is 5.92 Å². The molecule has 0 saturated heterocycles. The van der Waals surface area contributed by atoms with Crippen molar-refractivity contribution >= 4 is 12.3 Å². The van der Waals surface area contributed by atoms with Gasteiger partial charge in [0.1, 0.15) is 6.29 Å². The standard InChI is InChI=1S/C9H12O3/c10-4-7-2-5-1-6(5)3-8(7)9(11)12/h4-8H,1-3H2,(H,11,12). The van der Waals surface area contributed by atoms with Gasteiger partial charge in [-0.1, -0.05) is 0 Å². The van der Waals surface area contributed by atoms with Gasteiger partial charge >= 0.3 is 5.97 Å². The fourth-order valence-electron chi connectivity index (χ4n) is 2.34. The van der Waals surface area contributed by atoms with Gasteiger partial charge in [-0.15, -0.1) is 0 Å². The number of hydrogen-bond donors (Lipinski definition) is 1. The van der Waals surface area contributed by atoms with E-state index in [1.54, 1.807) is 0 Å². The van der Waals surface area contributed by atoms with Crippen molar-refractivity contribution < 1.29 is 14.7 Å². The number of fused-ring (bicyclic) bond motifs is 1. The molecule has 2 fully saturated rings. The fourth-order valence-corrected chi connectivity index (χ4v) is 2.34. The van der Waals surface area contributed by atoms with E-state index in [0.717, 1.165) is 25.5 Å². The summed E-state index contributed by atoms with van der Waals surface area (Å²) < 4.78 is 0. The summed E-state index contributed by atoms with van der Waals surface area (Å²) in [7, 11) is 0. The largest absolute Gasteiger partial charge is 0.481 e. The number of rotatable bonds is 2. The second kappa shape index (κ2) is 2.57. The van der Waals surface area contributed by atoms with Crippen LogP contribution in [0.15, 0.2) is 0 Å². The molecule has 0 aromatic carbocycles. The molecule has 66 valence electrons. The van der Waals surface area contributed by atoms with Crippen LogP contribution in [-0.2, 0) is 9.59 Å². The van der Waals surface area contributed by atoms with Crippen LogP contribution in [0.3, 0.4) is 0 Å². The van der Waals surface area contributed by atoms with Crippen molar-refractivity contribution in [1.29, 1.82) is 0 Å². The maximum Gasteiger partial charge on any atom is 0.307 e. The minimum Gasteiger partial charge on any atom is -0.481 e. The average molecular weight is 168 g/mol. The van der Waals surface area contributed by atoms with Gasteiger partial charge in [-0.3, -0.25) is 4.79 Å². The van der Waals surface area contributed by atoms with E-state index in [1.165, 1.54) is 0 Å². The summed E-state index contributed by atoms with van der Waals surface area (Å²) in [5, 5.41) is 8.82. The van der Waals surface area contributed by atoms with Crippen LogP contribution in [-0.4, -0.2) is 17.4 Å². The van der Waals surface area contributed by atoms with Crippen LogP contribution in [0.1, 0.15) is 19.3 Å². The first kappa shape index (κ1) is 7.77. The fraction of sp³-hybridized carbons (Fsp3) is 0.778. The van der Waals surface area contributed by atoms with Crippen molar-refractivity contribution in [1.82, 2.24) is 0 Å². The Kier molecular flexibility index (Phi) is 1.67. The minimum absolute atomic E-state index is 0.216. The number of hydrogen-bond acceptors (Lipinski definition) is 2. The van der Waals surface area contributed by atoms with Crippen LogP contribution in [0.2, 0.25) is 0 Å². The van der Waals surface area contributed by atoms with Gasteiger partial charge < -0.3 is 9.90 Å². The summed E-state index contributed by atoms with van der Waals surface area (Å²) in [6.07, 6.45) is 3.51. The summed E-state index contributed by atoms with van der Waals surface area (Å²) >= 11 is 0. The number of carboxylic acid groups (broad SMARTS) is 1. The zero-order valence-electron chi connectivity index (χ0n) is 6.77. The Morgan fingerprint density at radius 2 is 1.92 bits per heavy atom. The van der Waals surface area contributed by atoms with Crippen molar-refractivity contribution in [3.8, 4) is 0 Å². The van der Waals surface area contributed by atoms with Gasteiger partial charge in [-0.05, 0) is 31.1 Å². The van der Waals surface area contributed by atoms with E-state index < -0.39 is 11.9 Å². The number of carbonyl (C=O) groups is 2. The predicted molar refractivity (Wildman–Crippen MR) is 41.5 cm³/mol. The Labute approximate surface area is 70.8 Å². The summed E-state index contributed by atoms with van der Waals surface area (Å²) in [6, 6.07) is 0. The first-order valence-corrected chi connectivity index (χ1v) is 4.40. The van der Waals surface area contributed by atoms with Crippen LogP contribution >= 0.6 is 0 Å². The Morgan fingerprint density at radius 1 is 1.25 bits per heavy atom. The molecule has 0 aromatic heterocycles. The molecule has 2 aliphatic carbocycles. The van der Waals surface area contributed by atoms with Crippen LogP contribution in [0.25, 0.3) is 0 Å². The van der Waals surface area contributed by atoms with Gasteiger partial charge in [-0.2, -0.15) is 0 Å². The second-order valence-electron chi connectivity index (χ2n) is 3.97. The molecule has 2 rings (SSSR count). The molecule has 3 heteroatoms. The van der Waals surface area contributed by atoms with Crippen molar-refractivity contribution in [2.45, 2.75) is 19.3 Å². The third-order valence-electron chi connectivity index (χ3n) is 3.21. The lowest BCUT2D eigenvalue weighted by molar-refractivity contribution is -0.146. The zero-order chi connectivity index (χ0) is 8.72. The van der Waals surface area contributed by atoms with Crippen molar-refractivity contribution in [2.24, 2.45) is 23.7 Å². The number of carboxylic acids is 1. The first-order valence-electron chi connectivity index (χ1n) is 4.40. The van der Waals surface area contributed by atoms with E-state index >= 15 is 0 Å². The predicted octanol–water partition coefficient (Wildman–Crippen LogP) is 0.932. The molecule has 2 saturated carbocycles. The van der Waals surface area contributed by atoms with Crippen LogP contribution in [0.4, 0.5) is 0 Å². The van der Waals surface area contributed by atoms with Crippen LogP contribution in [0, 0.1) is 23.7 Å². The quantitative estimate of drug-likeness (QED) is 0.624. The minimum atomic E-state index is -0.794. The van der Waals surface area contributed by atoms with Gasteiger partial charge in [0, 0.05) is 5.92 Å². The molecule has 0 spiro atoms. The molecule has 0 radical (unpaired) electrons. The van der Waals surface area contributed by atoms with E-state index in [2.05, 4.69) is 0 Å². The second-order valence-corrected chi connectivity index (χ2v) is 3.97. The Morgan fingerprint density at radius 3 is 2.50 bits per heavy atom. The van der Waals surface area contributed by atoms with E-state index in [-0.39, 0.29) is 5.92 Å². The molecule has 1 N–H and O–H groups in total. The smallest absolute Gasteiger partial charge is 0.307 e. The lowest BCUT2D eigenvalue weighted by Gasteiger charge is -2.23. The number of aliphatic carboxylic acids is 1. The molecule has 0 aliphatic heterocycles. The molecule has 2 aliphatic rings. The highest BCUT2D eigenvalue weighted by atomic mass is 16.4. The molecule has 0 amide bonds. The molecule has 0 aromatic rings. The molecular formula is C9H12O3. The highest BCUT2D eigenvalue weighted by molar-refractivity contribution is 5.75. The summed E-state index contributed by atoms with van der Waals surface area (Å²) in [6.45, 7) is 0. The van der Waals surface area contributed by atoms with Gasteiger partial charge in [0.25, 0.3) is 0 Å². The molecule has 12 heavy (non-hydrogen) atoms. The highest BCUT2D eigenvalue weighted by Gasteiger charge is 2.48. The lowest BCUT2D eigenvalue weighted by Crippen LogP contribution is -2.28. The molecule has 0 bridgehead atoms. The summed E-state index contributed by atoms with van der Waals surface area (Å²) in [5.41, 5.74) is 0. The molecule has 4 atom stereocenters. The number of carbonyl (C=O) groups excluding carboxylic acids is 1. The third kappa shape index (κ3) is 1.13. The van der Waals surface area contributed by atoms with Crippen molar-refractivity contribution in [2.75, 3.05) is 0 Å². The van der Waals surface area contributed by atoms with Gasteiger partial charge in [-0.25, -0.2) is 0 Å². The topological polar surface area (TPSA) is 54.4 Å². The average Bonchev–Trinajstić information content (AvgIpc) is 2.79.